The van der Waals surface area contributed by atoms with E-state index in [-0.39, 0.29) is 17.2 Å². The fourth-order valence-electron chi connectivity index (χ4n) is 2.13. The summed E-state index contributed by atoms with van der Waals surface area (Å²) in [6.45, 7) is 4.00. The van der Waals surface area contributed by atoms with Crippen molar-refractivity contribution in [1.82, 2.24) is 5.43 Å². The molecule has 0 saturated heterocycles. The molecule has 3 rings (SSSR count). The molecule has 3 aromatic carbocycles. The van der Waals surface area contributed by atoms with E-state index in [1.807, 2.05) is 0 Å². The highest BCUT2D eigenvalue weighted by molar-refractivity contribution is 7.80. The molecular formula is C25H27N5O4S. The largest absolute Gasteiger partial charge is 0.507 e. The van der Waals surface area contributed by atoms with Crippen LogP contribution in [0.15, 0.2) is 95.3 Å². The molecule has 8 N–H and O–H groups in total. The molecular weight excluding hydrogens is 466 g/mol. The number of nitrogens with one attached hydrogen (secondary N) is 1. The molecule has 9 nitrogen and oxygen atoms in total. The molecule has 182 valence electrons. The highest BCUT2D eigenvalue weighted by atomic mass is 32.1. The average Bonchev–Trinajstić information content (AvgIpc) is 2.86. The number of carbonyl (C=O) groups is 1. The van der Waals surface area contributed by atoms with Crippen molar-refractivity contribution in [3.63, 3.8) is 0 Å². The minimum atomic E-state index is 0.0347. The summed E-state index contributed by atoms with van der Waals surface area (Å²) in [4.78, 5) is 14.5. The molecule has 0 heterocycles. The molecule has 0 aliphatic carbocycles. The number of nitrogens with zero attached hydrogens (tertiary/aromatic N) is 2. The van der Waals surface area contributed by atoms with Gasteiger partial charge in [0.25, 0.3) is 0 Å². The summed E-state index contributed by atoms with van der Waals surface area (Å²) < 4.78 is 0. The Morgan fingerprint density at radius 2 is 1.26 bits per heavy atom. The summed E-state index contributed by atoms with van der Waals surface area (Å²) in [6.07, 6.45) is 3.57. The van der Waals surface area contributed by atoms with Gasteiger partial charge in [0, 0.05) is 23.9 Å². The molecule has 0 aliphatic heterocycles. The van der Waals surface area contributed by atoms with E-state index in [0.29, 0.717) is 40.3 Å². The monoisotopic (exact) mass is 493 g/mol. The summed E-state index contributed by atoms with van der Waals surface area (Å²) in [5.74, 6) is 0.635. The van der Waals surface area contributed by atoms with Crippen LogP contribution in [0.1, 0.15) is 21.5 Å². The highest BCUT2D eigenvalue weighted by Crippen LogP contribution is 2.14. The van der Waals surface area contributed by atoms with E-state index in [2.05, 4.69) is 34.3 Å². The second-order valence-electron chi connectivity index (χ2n) is 6.54. The second-order valence-corrected chi connectivity index (χ2v) is 7.06. The minimum absolute atomic E-state index is 0.0347. The smallest absolute Gasteiger partial charge is 0.153 e. The molecule has 0 bridgehead atoms. The van der Waals surface area contributed by atoms with E-state index in [4.69, 9.17) is 16.6 Å². The van der Waals surface area contributed by atoms with Gasteiger partial charge in [0.05, 0.1) is 16.8 Å². The van der Waals surface area contributed by atoms with Crippen LogP contribution in [0.4, 0.5) is 0 Å². The fraction of sp³-hybridized carbons (Fsp3) is 0.0400. The number of hydrogen-bond donors (Lipinski definition) is 6. The molecule has 0 aliphatic rings. The van der Waals surface area contributed by atoms with E-state index >= 15 is 0 Å². The van der Waals surface area contributed by atoms with Gasteiger partial charge in [0.1, 0.15) is 23.1 Å². The quantitative estimate of drug-likeness (QED) is 0.126. The third kappa shape index (κ3) is 11.8. The first kappa shape index (κ1) is 28.5. The zero-order valence-electron chi connectivity index (χ0n) is 18.8. The van der Waals surface area contributed by atoms with Gasteiger partial charge in [-0.1, -0.05) is 55.2 Å². The summed E-state index contributed by atoms with van der Waals surface area (Å²) in [5, 5.41) is 31.9. The second kappa shape index (κ2) is 16.1. The van der Waals surface area contributed by atoms with Gasteiger partial charge in [-0.25, -0.2) is 4.99 Å². The van der Waals surface area contributed by atoms with Crippen molar-refractivity contribution in [1.29, 1.82) is 0 Å². The number of thiocarbonyl (C=S) groups is 1. The summed E-state index contributed by atoms with van der Waals surface area (Å²) in [7, 11) is 0. The number of aliphatic imine (C=N–C) groups is 1. The Morgan fingerprint density at radius 3 is 1.63 bits per heavy atom. The minimum Gasteiger partial charge on any atom is -0.507 e. The number of benzene rings is 3. The van der Waals surface area contributed by atoms with Crippen molar-refractivity contribution < 1.29 is 20.1 Å². The van der Waals surface area contributed by atoms with Crippen LogP contribution in [0.5, 0.6) is 17.2 Å². The Bertz CT molecular complexity index is 1180. The number of aldehydes is 1. The molecule has 10 heteroatoms. The number of carbonyl (C=O) groups excluding carboxylic acids is 1. The number of phenols is 3. The maximum absolute atomic E-state index is 10.1. The number of phenolic OH excluding ortho intramolecular Hbond substituents is 3. The van der Waals surface area contributed by atoms with Gasteiger partial charge in [-0.15, -0.1) is 0 Å². The first-order chi connectivity index (χ1) is 16.8. The summed E-state index contributed by atoms with van der Waals surface area (Å²) in [6, 6.07) is 20.1. The number of hydrogen-bond acceptors (Lipinski definition) is 9. The van der Waals surface area contributed by atoms with Gasteiger partial charge in [-0.3, -0.25) is 10.2 Å². The molecule has 35 heavy (non-hydrogen) atoms. The van der Waals surface area contributed by atoms with Crippen molar-refractivity contribution in [3.8, 4) is 17.2 Å². The lowest BCUT2D eigenvalue weighted by Gasteiger charge is -2.00. The number of rotatable bonds is 7. The maximum atomic E-state index is 10.1. The lowest BCUT2D eigenvalue weighted by atomic mass is 10.2. The molecule has 3 aromatic rings. The zero-order valence-corrected chi connectivity index (χ0v) is 19.6. The van der Waals surface area contributed by atoms with E-state index in [9.17, 15) is 15.0 Å². The molecule has 0 aromatic heterocycles. The van der Waals surface area contributed by atoms with Crippen molar-refractivity contribution >= 4 is 35.9 Å². The van der Waals surface area contributed by atoms with Crippen LogP contribution in [-0.2, 0) is 0 Å². The van der Waals surface area contributed by atoms with Crippen molar-refractivity contribution in [3.05, 3.63) is 102 Å². The third-order valence-electron chi connectivity index (χ3n) is 3.90. The van der Waals surface area contributed by atoms with Gasteiger partial charge in [0.2, 0.25) is 0 Å². The van der Waals surface area contributed by atoms with Crippen LogP contribution >= 0.6 is 12.2 Å². The Balaban J connectivity index is 0.000000359. The van der Waals surface area contributed by atoms with Gasteiger partial charge in [0.15, 0.2) is 6.29 Å². The molecule has 0 fully saturated rings. The van der Waals surface area contributed by atoms with Gasteiger partial charge >= 0.3 is 0 Å². The van der Waals surface area contributed by atoms with Crippen LogP contribution in [-0.4, -0.2) is 45.6 Å². The lowest BCUT2D eigenvalue weighted by molar-refractivity contribution is 0.112. The van der Waals surface area contributed by atoms with E-state index < -0.39 is 0 Å². The molecule has 0 saturated carbocycles. The van der Waals surface area contributed by atoms with Crippen LogP contribution in [0.25, 0.3) is 0 Å². The molecule has 0 unspecified atom stereocenters. The normalized spacial score (nSPS) is 9.97. The first-order valence-corrected chi connectivity index (χ1v) is 10.5. The topological polar surface area (TPSA) is 167 Å². The fourth-order valence-corrected chi connectivity index (χ4v) is 2.13. The molecule has 0 atom stereocenters. The molecule has 0 spiro atoms. The Kier molecular flexibility index (Phi) is 13.1. The summed E-state index contributed by atoms with van der Waals surface area (Å²) >= 11 is 4.35. The Morgan fingerprint density at radius 1 is 0.857 bits per heavy atom. The summed E-state index contributed by atoms with van der Waals surface area (Å²) in [5.41, 5.74) is 13.9. The van der Waals surface area contributed by atoms with Gasteiger partial charge < -0.3 is 26.8 Å². The number of nitrogens with two attached hydrogens (primary N) is 2. The Labute approximate surface area is 208 Å². The van der Waals surface area contributed by atoms with Crippen LogP contribution in [0.3, 0.4) is 0 Å². The zero-order chi connectivity index (χ0) is 26.1. The number of hydrazone groups is 1. The highest BCUT2D eigenvalue weighted by Gasteiger charge is 1.96. The van der Waals surface area contributed by atoms with Crippen LogP contribution in [0.2, 0.25) is 0 Å². The third-order valence-corrected chi connectivity index (χ3v) is 4.06. The van der Waals surface area contributed by atoms with Crippen LogP contribution < -0.4 is 16.9 Å². The first-order valence-electron chi connectivity index (χ1n) is 10.1. The van der Waals surface area contributed by atoms with E-state index in [0.717, 1.165) is 0 Å². The van der Waals surface area contributed by atoms with Gasteiger partial charge in [-0.2, -0.15) is 5.10 Å². The lowest BCUT2D eigenvalue weighted by Crippen LogP contribution is -2.19. The average molecular weight is 494 g/mol. The predicted molar refractivity (Wildman–Crippen MR) is 143 cm³/mol. The molecule has 0 radical (unpaired) electrons. The van der Waals surface area contributed by atoms with E-state index in [1.165, 1.54) is 18.5 Å². The number of aromatic hydroxyl groups is 3. The number of para-hydroxylation sites is 3. The molecule has 0 amide bonds. The van der Waals surface area contributed by atoms with Crippen molar-refractivity contribution in [2.24, 2.45) is 21.6 Å². The predicted octanol–water partition coefficient (Wildman–Crippen LogP) is 3.05. The maximum Gasteiger partial charge on any atom is 0.153 e. The van der Waals surface area contributed by atoms with E-state index in [1.54, 1.807) is 66.7 Å². The van der Waals surface area contributed by atoms with Crippen LogP contribution in [0, 0.1) is 0 Å². The standard InChI is InChI=1S/C16H15N3O2.C7H6O2.C2H6N2S/c1-12(17-10-13-6-2-4-8-15(13)20)19-18-11-14-7-3-5-9-16(14)21;8-5-6-3-1-2-4-7(6)9;3-1-2(4)5/h2-11,19-21H,1H2;1-5,9H;1,3H2,(H2,4,5)/b17-10?,18-11+;;. The Hall–Kier alpha value is -4.54. The van der Waals surface area contributed by atoms with Crippen molar-refractivity contribution in [2.45, 2.75) is 0 Å². The SMILES string of the molecule is C=C(N=Cc1ccccc1O)N/N=C/c1ccccc1O.NCC(N)=S.O=Cc1ccccc1O. The van der Waals surface area contributed by atoms with Gasteiger partial charge in [-0.05, 0) is 36.4 Å². The van der Waals surface area contributed by atoms with Crippen molar-refractivity contribution in [2.75, 3.05) is 6.54 Å².